The predicted molar refractivity (Wildman–Crippen MR) is 176 cm³/mol. The lowest BCUT2D eigenvalue weighted by Crippen LogP contribution is -2.44. The summed E-state index contributed by atoms with van der Waals surface area (Å²) < 4.78 is 1.74. The Hall–Kier alpha value is -4.95. The van der Waals surface area contributed by atoms with E-state index in [1.54, 1.807) is 10.8 Å². The molecule has 0 atom stereocenters. The molecule has 8 nitrogen and oxygen atoms in total. The fourth-order valence-corrected chi connectivity index (χ4v) is 6.13. The minimum absolute atomic E-state index is 0.0558. The Bertz CT molecular complexity index is 2000. The summed E-state index contributed by atoms with van der Waals surface area (Å²) in [4.78, 5) is 31.2. The molecule has 7 rings (SSSR count). The number of piperazine rings is 1. The van der Waals surface area contributed by atoms with Crippen LogP contribution in [-0.4, -0.2) is 57.6 Å². The standard InChI is InChI=1S/C35H35N7O/c1-4-42-33-25(22-37-35(39-33)38-26-9-11-27(12-10-26)41-18-16-40(3)17-19-41)21-31(34(42)43)28-13-8-24(20-23(28)2)29-6-5-7-32-30(29)14-15-36-32/h5-15,20-22,36H,4,16-19H2,1-3H3,(H,37,38,39). The van der Waals surface area contributed by atoms with Crippen molar-refractivity contribution < 1.29 is 0 Å². The number of aryl methyl sites for hydroxylation is 2. The zero-order valence-corrected chi connectivity index (χ0v) is 24.8. The molecule has 1 fully saturated rings. The summed E-state index contributed by atoms with van der Waals surface area (Å²) in [5, 5.41) is 5.33. The largest absolute Gasteiger partial charge is 0.369 e. The molecule has 1 aliphatic heterocycles. The first-order valence-electron chi connectivity index (χ1n) is 14.9. The van der Waals surface area contributed by atoms with Gasteiger partial charge in [0.05, 0.1) is 0 Å². The second-order valence-corrected chi connectivity index (χ2v) is 11.3. The van der Waals surface area contributed by atoms with Crippen molar-refractivity contribution in [2.24, 2.45) is 0 Å². The fraction of sp³-hybridized carbons (Fsp3) is 0.229. The molecule has 3 aromatic heterocycles. The molecule has 1 aliphatic rings. The van der Waals surface area contributed by atoms with E-state index in [0.717, 1.165) is 59.5 Å². The van der Waals surface area contributed by atoms with Gasteiger partial charge in [-0.25, -0.2) is 4.98 Å². The van der Waals surface area contributed by atoms with Gasteiger partial charge in [-0.05, 0) is 85.6 Å². The van der Waals surface area contributed by atoms with Crippen LogP contribution in [0, 0.1) is 6.92 Å². The number of fused-ring (bicyclic) bond motifs is 2. The van der Waals surface area contributed by atoms with Crippen molar-refractivity contribution in [2.45, 2.75) is 20.4 Å². The number of H-pyrrole nitrogens is 1. The third-order valence-electron chi connectivity index (χ3n) is 8.56. The lowest BCUT2D eigenvalue weighted by atomic mass is 9.94. The van der Waals surface area contributed by atoms with Crippen LogP contribution in [0.25, 0.3) is 44.2 Å². The van der Waals surface area contributed by atoms with E-state index in [-0.39, 0.29) is 5.56 Å². The monoisotopic (exact) mass is 569 g/mol. The van der Waals surface area contributed by atoms with Crippen LogP contribution in [-0.2, 0) is 6.54 Å². The number of rotatable bonds is 6. The Kier molecular flexibility index (Phi) is 6.91. The van der Waals surface area contributed by atoms with E-state index in [4.69, 9.17) is 4.98 Å². The number of hydrogen-bond acceptors (Lipinski definition) is 6. The van der Waals surface area contributed by atoms with E-state index >= 15 is 0 Å². The summed E-state index contributed by atoms with van der Waals surface area (Å²) in [6, 6.07) is 25.0. The van der Waals surface area contributed by atoms with Crippen LogP contribution in [0.5, 0.6) is 0 Å². The number of likely N-dealkylation sites (N-methyl/N-ethyl adjacent to an activating group) is 1. The highest BCUT2D eigenvalue weighted by Crippen LogP contribution is 2.32. The van der Waals surface area contributed by atoms with Gasteiger partial charge in [-0.1, -0.05) is 30.3 Å². The highest BCUT2D eigenvalue weighted by atomic mass is 16.1. The number of aromatic nitrogens is 4. The quantitative estimate of drug-likeness (QED) is 0.241. The van der Waals surface area contributed by atoms with Crippen molar-refractivity contribution in [3.05, 3.63) is 101 Å². The summed E-state index contributed by atoms with van der Waals surface area (Å²) in [5.41, 5.74) is 8.71. The molecule has 43 heavy (non-hydrogen) atoms. The van der Waals surface area contributed by atoms with Gasteiger partial charge in [-0.15, -0.1) is 0 Å². The van der Waals surface area contributed by atoms with Gasteiger partial charge in [0.15, 0.2) is 0 Å². The number of nitrogens with one attached hydrogen (secondary N) is 2. The van der Waals surface area contributed by atoms with E-state index in [2.05, 4.69) is 106 Å². The molecule has 4 heterocycles. The number of aromatic amines is 1. The first kappa shape index (κ1) is 26.9. The van der Waals surface area contributed by atoms with Gasteiger partial charge in [0, 0.05) is 78.3 Å². The molecule has 3 aromatic carbocycles. The van der Waals surface area contributed by atoms with Gasteiger partial charge in [0.2, 0.25) is 5.95 Å². The van der Waals surface area contributed by atoms with Crippen LogP contribution >= 0.6 is 0 Å². The van der Waals surface area contributed by atoms with Crippen LogP contribution in [0.3, 0.4) is 0 Å². The SMILES string of the molecule is CCn1c(=O)c(-c2ccc(-c3cccc4[nH]ccc34)cc2C)cc2cnc(Nc3ccc(N4CCN(C)CC4)cc3)nc21. The van der Waals surface area contributed by atoms with Gasteiger partial charge >= 0.3 is 0 Å². The number of hydrogen-bond donors (Lipinski definition) is 2. The normalized spacial score (nSPS) is 14.1. The molecular weight excluding hydrogens is 534 g/mol. The van der Waals surface area contributed by atoms with Gasteiger partial charge in [0.1, 0.15) is 5.65 Å². The number of nitrogens with zero attached hydrogens (tertiary/aromatic N) is 5. The zero-order valence-electron chi connectivity index (χ0n) is 24.8. The van der Waals surface area contributed by atoms with Crippen LogP contribution in [0.1, 0.15) is 12.5 Å². The van der Waals surface area contributed by atoms with Crippen LogP contribution < -0.4 is 15.8 Å². The van der Waals surface area contributed by atoms with Crippen molar-refractivity contribution in [3.63, 3.8) is 0 Å². The molecule has 0 saturated carbocycles. The molecule has 2 N–H and O–H groups in total. The number of benzene rings is 3. The minimum atomic E-state index is -0.0558. The number of anilines is 3. The second kappa shape index (κ2) is 11.0. The smallest absolute Gasteiger partial charge is 0.260 e. The van der Waals surface area contributed by atoms with Crippen molar-refractivity contribution in [2.75, 3.05) is 43.4 Å². The van der Waals surface area contributed by atoms with Crippen molar-refractivity contribution >= 4 is 39.3 Å². The maximum absolute atomic E-state index is 13.8. The Morgan fingerprint density at radius 2 is 1.72 bits per heavy atom. The Labute approximate surface area is 250 Å². The highest BCUT2D eigenvalue weighted by Gasteiger charge is 2.17. The van der Waals surface area contributed by atoms with E-state index in [9.17, 15) is 4.79 Å². The summed E-state index contributed by atoms with van der Waals surface area (Å²) in [6.45, 7) is 8.75. The molecule has 216 valence electrons. The summed E-state index contributed by atoms with van der Waals surface area (Å²) >= 11 is 0. The summed E-state index contributed by atoms with van der Waals surface area (Å²) in [6.07, 6.45) is 3.76. The summed E-state index contributed by atoms with van der Waals surface area (Å²) in [7, 11) is 2.16. The fourth-order valence-electron chi connectivity index (χ4n) is 6.13. The average Bonchev–Trinajstić information content (AvgIpc) is 3.51. The van der Waals surface area contributed by atoms with Gasteiger partial charge in [-0.3, -0.25) is 9.36 Å². The van der Waals surface area contributed by atoms with Crippen molar-refractivity contribution in [1.29, 1.82) is 0 Å². The lowest BCUT2D eigenvalue weighted by molar-refractivity contribution is 0.313. The molecular formula is C35H35N7O. The third kappa shape index (κ3) is 5.04. The molecule has 0 bridgehead atoms. The Balaban J connectivity index is 1.18. The molecule has 1 saturated heterocycles. The van der Waals surface area contributed by atoms with Crippen molar-refractivity contribution in [3.8, 4) is 22.3 Å². The maximum Gasteiger partial charge on any atom is 0.260 e. The minimum Gasteiger partial charge on any atom is -0.369 e. The Morgan fingerprint density at radius 1 is 0.907 bits per heavy atom. The first-order valence-corrected chi connectivity index (χ1v) is 14.9. The molecule has 0 unspecified atom stereocenters. The summed E-state index contributed by atoms with van der Waals surface area (Å²) in [5.74, 6) is 0.466. The third-order valence-corrected chi connectivity index (χ3v) is 8.56. The highest BCUT2D eigenvalue weighted by molar-refractivity contribution is 5.95. The number of pyridine rings is 1. The lowest BCUT2D eigenvalue weighted by Gasteiger charge is -2.34. The van der Waals surface area contributed by atoms with Crippen LogP contribution in [0.2, 0.25) is 0 Å². The molecule has 0 radical (unpaired) electrons. The zero-order chi connectivity index (χ0) is 29.5. The average molecular weight is 570 g/mol. The maximum atomic E-state index is 13.8. The molecule has 0 spiro atoms. The van der Waals surface area contributed by atoms with Crippen molar-refractivity contribution in [1.82, 2.24) is 24.4 Å². The molecule has 8 heteroatoms. The molecule has 6 aromatic rings. The topological polar surface area (TPSA) is 82.1 Å². The van der Waals surface area contributed by atoms with E-state index in [1.807, 2.05) is 19.2 Å². The van der Waals surface area contributed by atoms with Gasteiger partial charge in [-0.2, -0.15) is 4.98 Å². The van der Waals surface area contributed by atoms with E-state index in [0.29, 0.717) is 23.7 Å². The predicted octanol–water partition coefficient (Wildman–Crippen LogP) is 6.43. The van der Waals surface area contributed by atoms with Gasteiger partial charge in [0.25, 0.3) is 5.56 Å². The first-order chi connectivity index (χ1) is 21.0. The van der Waals surface area contributed by atoms with E-state index in [1.165, 1.54) is 16.6 Å². The van der Waals surface area contributed by atoms with Gasteiger partial charge < -0.3 is 20.1 Å². The van der Waals surface area contributed by atoms with Crippen LogP contribution in [0.4, 0.5) is 17.3 Å². The van der Waals surface area contributed by atoms with Crippen LogP contribution in [0.15, 0.2) is 90.0 Å². The molecule has 0 amide bonds. The van der Waals surface area contributed by atoms with E-state index < -0.39 is 0 Å². The molecule has 0 aliphatic carbocycles. The second-order valence-electron chi connectivity index (χ2n) is 11.3. The Morgan fingerprint density at radius 3 is 2.49 bits per heavy atom.